The van der Waals surface area contributed by atoms with Gasteiger partial charge < -0.3 is 10.1 Å². The third-order valence-electron chi connectivity index (χ3n) is 3.85. The second-order valence-electron chi connectivity index (χ2n) is 6.03. The van der Waals surface area contributed by atoms with E-state index in [2.05, 4.69) is 62.5 Å². The zero-order valence-electron chi connectivity index (χ0n) is 11.7. The summed E-state index contributed by atoms with van der Waals surface area (Å²) in [6.07, 6.45) is 5.43. The van der Waals surface area contributed by atoms with Crippen molar-refractivity contribution in [2.75, 3.05) is 12.4 Å². The molecule has 2 nitrogen and oxygen atoms in total. The van der Waals surface area contributed by atoms with Crippen molar-refractivity contribution >= 4 is 5.69 Å². The molecule has 1 N–H and O–H groups in total. The molecule has 2 heteroatoms. The van der Waals surface area contributed by atoms with E-state index in [-0.39, 0.29) is 11.0 Å². The van der Waals surface area contributed by atoms with Gasteiger partial charge in [0.2, 0.25) is 0 Å². The Hall–Kier alpha value is -1.28. The molecule has 0 saturated carbocycles. The summed E-state index contributed by atoms with van der Waals surface area (Å²) in [6.45, 7) is 6.72. The molecule has 1 aromatic rings. The van der Waals surface area contributed by atoms with Gasteiger partial charge in [-0.1, -0.05) is 44.2 Å². The summed E-state index contributed by atoms with van der Waals surface area (Å²) in [5.41, 5.74) is 1.19. The lowest BCUT2D eigenvalue weighted by atomic mass is 9.71. The highest BCUT2D eigenvalue weighted by molar-refractivity contribution is 5.45. The monoisotopic (exact) mass is 245 g/mol. The molecular weight excluding hydrogens is 222 g/mol. The van der Waals surface area contributed by atoms with Crippen LogP contribution in [0.25, 0.3) is 0 Å². The maximum atomic E-state index is 5.60. The molecule has 1 aromatic carbocycles. The van der Waals surface area contributed by atoms with E-state index in [9.17, 15) is 0 Å². The molecule has 98 valence electrons. The van der Waals surface area contributed by atoms with Crippen molar-refractivity contribution in [3.63, 3.8) is 0 Å². The van der Waals surface area contributed by atoms with Crippen LogP contribution >= 0.6 is 0 Å². The summed E-state index contributed by atoms with van der Waals surface area (Å²) < 4.78 is 5.60. The molecule has 18 heavy (non-hydrogen) atoms. The first-order valence-electron chi connectivity index (χ1n) is 6.51. The van der Waals surface area contributed by atoms with E-state index in [4.69, 9.17) is 4.74 Å². The Morgan fingerprint density at radius 3 is 2.39 bits per heavy atom. The largest absolute Gasteiger partial charge is 0.378 e. The Balaban J connectivity index is 2.17. The van der Waals surface area contributed by atoms with Gasteiger partial charge in [-0.05, 0) is 30.9 Å². The van der Waals surface area contributed by atoms with Gasteiger partial charge >= 0.3 is 0 Å². The minimum atomic E-state index is -0.141. The fourth-order valence-corrected chi connectivity index (χ4v) is 2.73. The molecule has 0 bridgehead atoms. The number of methoxy groups -OCH3 is 1. The van der Waals surface area contributed by atoms with Crippen LogP contribution in [0.2, 0.25) is 0 Å². The summed E-state index contributed by atoms with van der Waals surface area (Å²) >= 11 is 0. The van der Waals surface area contributed by atoms with Crippen molar-refractivity contribution < 1.29 is 4.74 Å². The Bertz CT molecular complexity index is 424. The van der Waals surface area contributed by atoms with Gasteiger partial charge in [0.15, 0.2) is 0 Å². The molecule has 1 aliphatic rings. The zero-order valence-corrected chi connectivity index (χ0v) is 11.7. The molecule has 0 saturated heterocycles. The summed E-state index contributed by atoms with van der Waals surface area (Å²) in [4.78, 5) is 0. The van der Waals surface area contributed by atoms with E-state index in [0.29, 0.717) is 6.04 Å². The zero-order chi connectivity index (χ0) is 13.2. The molecule has 0 unspecified atom stereocenters. The van der Waals surface area contributed by atoms with Crippen LogP contribution in [0.15, 0.2) is 42.5 Å². The molecular formula is C16H23NO. The molecule has 0 radical (unpaired) electrons. The second kappa shape index (κ2) is 4.77. The van der Waals surface area contributed by atoms with Crippen LogP contribution in [0.1, 0.15) is 27.2 Å². The average molecular weight is 245 g/mol. The SMILES string of the molecule is CO[C@]1(C)C=C[C@H](Nc2ccccc2)C(C)(C)C1. The van der Waals surface area contributed by atoms with Crippen LogP contribution in [0, 0.1) is 5.41 Å². The fraction of sp³-hybridized carbons (Fsp3) is 0.500. The van der Waals surface area contributed by atoms with Crippen molar-refractivity contribution in [2.45, 2.75) is 38.8 Å². The summed E-state index contributed by atoms with van der Waals surface area (Å²) in [7, 11) is 1.78. The number of rotatable bonds is 3. The number of ether oxygens (including phenoxy) is 1. The lowest BCUT2D eigenvalue weighted by Gasteiger charge is -2.43. The number of hydrogen-bond acceptors (Lipinski definition) is 2. The van der Waals surface area contributed by atoms with E-state index in [1.165, 1.54) is 5.69 Å². The number of benzene rings is 1. The topological polar surface area (TPSA) is 21.3 Å². The van der Waals surface area contributed by atoms with Crippen molar-refractivity contribution in [3.8, 4) is 0 Å². The molecule has 0 heterocycles. The van der Waals surface area contributed by atoms with Crippen molar-refractivity contribution in [2.24, 2.45) is 5.41 Å². The standard InChI is InChI=1S/C16H23NO/c1-15(2)12-16(3,18-4)11-10-14(15)17-13-8-6-5-7-9-13/h5-11,14,17H,12H2,1-4H3/t14-,16+/m0/s1. The van der Waals surface area contributed by atoms with E-state index >= 15 is 0 Å². The van der Waals surface area contributed by atoms with Gasteiger partial charge in [-0.3, -0.25) is 0 Å². The molecule has 0 aromatic heterocycles. The van der Waals surface area contributed by atoms with E-state index in [0.717, 1.165) is 6.42 Å². The maximum Gasteiger partial charge on any atom is 0.0837 e. The Kier molecular flexibility index (Phi) is 3.49. The summed E-state index contributed by atoms with van der Waals surface area (Å²) in [5.74, 6) is 0. The van der Waals surface area contributed by atoms with E-state index in [1.807, 2.05) is 6.07 Å². The number of nitrogens with one attached hydrogen (secondary N) is 1. The van der Waals surface area contributed by atoms with Gasteiger partial charge in [0, 0.05) is 18.8 Å². The molecule has 0 aliphatic heterocycles. The molecule has 1 aliphatic carbocycles. The third kappa shape index (κ3) is 2.75. The first-order valence-corrected chi connectivity index (χ1v) is 6.51. The van der Waals surface area contributed by atoms with Crippen molar-refractivity contribution in [3.05, 3.63) is 42.5 Å². The number of hydrogen-bond donors (Lipinski definition) is 1. The lowest BCUT2D eigenvalue weighted by molar-refractivity contribution is 0.00211. The minimum absolute atomic E-state index is 0.141. The second-order valence-corrected chi connectivity index (χ2v) is 6.03. The van der Waals surface area contributed by atoms with Crippen molar-refractivity contribution in [1.29, 1.82) is 0 Å². The highest BCUT2D eigenvalue weighted by Crippen LogP contribution is 2.39. The average Bonchev–Trinajstić information content (AvgIpc) is 2.34. The minimum Gasteiger partial charge on any atom is -0.378 e. The van der Waals surface area contributed by atoms with Gasteiger partial charge in [0.25, 0.3) is 0 Å². The van der Waals surface area contributed by atoms with E-state index in [1.54, 1.807) is 7.11 Å². The molecule has 0 amide bonds. The molecule has 0 spiro atoms. The third-order valence-corrected chi connectivity index (χ3v) is 3.85. The predicted octanol–water partition coefficient (Wildman–Crippen LogP) is 3.86. The van der Waals surface area contributed by atoms with Crippen LogP contribution < -0.4 is 5.32 Å². The quantitative estimate of drug-likeness (QED) is 0.816. The van der Waals surface area contributed by atoms with Crippen molar-refractivity contribution in [1.82, 2.24) is 0 Å². The van der Waals surface area contributed by atoms with E-state index < -0.39 is 0 Å². The molecule has 2 atom stereocenters. The highest BCUT2D eigenvalue weighted by atomic mass is 16.5. The Morgan fingerprint density at radius 2 is 1.83 bits per heavy atom. The van der Waals surface area contributed by atoms with Crippen LogP contribution in [-0.4, -0.2) is 18.8 Å². The maximum absolute atomic E-state index is 5.60. The van der Waals surface area contributed by atoms with Gasteiger partial charge in [-0.2, -0.15) is 0 Å². The van der Waals surface area contributed by atoms with Crippen LogP contribution in [0.5, 0.6) is 0 Å². The van der Waals surface area contributed by atoms with Crippen LogP contribution in [-0.2, 0) is 4.74 Å². The smallest absolute Gasteiger partial charge is 0.0837 e. The van der Waals surface area contributed by atoms with Gasteiger partial charge in [0.1, 0.15) is 0 Å². The summed E-state index contributed by atoms with van der Waals surface area (Å²) in [6, 6.07) is 10.7. The molecule has 0 fully saturated rings. The van der Waals surface area contributed by atoms with Gasteiger partial charge in [-0.25, -0.2) is 0 Å². The number of anilines is 1. The fourth-order valence-electron chi connectivity index (χ4n) is 2.73. The van der Waals surface area contributed by atoms with Gasteiger partial charge in [0.05, 0.1) is 5.60 Å². The normalized spacial score (nSPS) is 30.1. The first-order chi connectivity index (χ1) is 8.45. The Morgan fingerprint density at radius 1 is 1.17 bits per heavy atom. The highest BCUT2D eigenvalue weighted by Gasteiger charge is 2.39. The molecule has 2 rings (SSSR count). The number of para-hydroxylation sites is 1. The summed E-state index contributed by atoms with van der Waals surface area (Å²) in [5, 5.41) is 3.59. The van der Waals surface area contributed by atoms with Crippen LogP contribution in [0.4, 0.5) is 5.69 Å². The predicted molar refractivity (Wildman–Crippen MR) is 76.8 cm³/mol. The van der Waals surface area contributed by atoms with Crippen LogP contribution in [0.3, 0.4) is 0 Å². The Labute approximate surface area is 110 Å². The lowest BCUT2D eigenvalue weighted by Crippen LogP contribution is -2.45. The van der Waals surface area contributed by atoms with Gasteiger partial charge in [-0.15, -0.1) is 0 Å². The first kappa shape index (κ1) is 13.2.